The number of hydrogen-bond acceptors (Lipinski definition) is 4. The number of allylic oxidation sites excluding steroid dienone is 2. The van der Waals surface area contributed by atoms with Crippen LogP contribution in [0.1, 0.15) is 20.3 Å². The fraction of sp³-hybridized carbons (Fsp3) is 0.500. The number of carbonyl (C=O) groups excluding carboxylic acids is 1. The summed E-state index contributed by atoms with van der Waals surface area (Å²) in [6.07, 6.45) is 1.60. The van der Waals surface area contributed by atoms with Crippen LogP contribution in [0, 0.1) is 0 Å². The molecule has 0 atom stereocenters. The molecular formula is C12H18N2O3S. The zero-order valence-corrected chi connectivity index (χ0v) is 11.9. The van der Waals surface area contributed by atoms with Crippen molar-refractivity contribution in [3.63, 3.8) is 0 Å². The van der Waals surface area contributed by atoms with Crippen LogP contribution in [0.4, 0.5) is 0 Å². The molecule has 1 rings (SSSR count). The van der Waals surface area contributed by atoms with Crippen molar-refractivity contribution in [2.45, 2.75) is 20.3 Å². The van der Waals surface area contributed by atoms with Gasteiger partial charge < -0.3 is 14.9 Å². The minimum Gasteiger partial charge on any atom is -0.481 e. The third kappa shape index (κ3) is 3.53. The molecule has 1 aliphatic heterocycles. The van der Waals surface area contributed by atoms with E-state index in [0.717, 1.165) is 15.6 Å². The first-order valence-electron chi connectivity index (χ1n) is 5.60. The Bertz CT molecular complexity index is 427. The van der Waals surface area contributed by atoms with E-state index in [2.05, 4.69) is 0 Å². The van der Waals surface area contributed by atoms with Crippen molar-refractivity contribution in [1.82, 2.24) is 9.80 Å². The molecule has 18 heavy (non-hydrogen) atoms. The summed E-state index contributed by atoms with van der Waals surface area (Å²) >= 11 is 1.51. The molecule has 0 bridgehead atoms. The summed E-state index contributed by atoms with van der Waals surface area (Å²) in [6.45, 7) is 4.29. The maximum Gasteiger partial charge on any atom is 0.305 e. The van der Waals surface area contributed by atoms with Crippen molar-refractivity contribution in [1.29, 1.82) is 0 Å². The van der Waals surface area contributed by atoms with Crippen molar-refractivity contribution in [3.8, 4) is 0 Å². The first-order chi connectivity index (χ1) is 8.32. The SMILES string of the molecule is CC1=C(C)N(CCC(=O)O)C(=CC(=O)N(C)C)S1. The lowest BCUT2D eigenvalue weighted by molar-refractivity contribution is -0.137. The van der Waals surface area contributed by atoms with Crippen LogP contribution in [0.5, 0.6) is 0 Å². The van der Waals surface area contributed by atoms with E-state index >= 15 is 0 Å². The van der Waals surface area contributed by atoms with Gasteiger partial charge in [-0.1, -0.05) is 11.8 Å². The number of rotatable bonds is 4. The molecule has 0 radical (unpaired) electrons. The van der Waals surface area contributed by atoms with E-state index in [4.69, 9.17) is 5.11 Å². The minimum absolute atomic E-state index is 0.0542. The number of thioether (sulfide) groups is 1. The standard InChI is InChI=1S/C12H18N2O3S/c1-8-9(2)18-11(7-10(15)13(3)4)14(8)6-5-12(16)17/h7H,5-6H2,1-4H3,(H,16,17). The zero-order chi connectivity index (χ0) is 13.9. The van der Waals surface area contributed by atoms with Crippen LogP contribution in [0.15, 0.2) is 21.7 Å². The normalized spacial score (nSPS) is 17.6. The predicted molar refractivity (Wildman–Crippen MR) is 71.7 cm³/mol. The molecule has 5 nitrogen and oxygen atoms in total. The van der Waals surface area contributed by atoms with Crippen molar-refractivity contribution >= 4 is 23.6 Å². The Balaban J connectivity index is 2.86. The quantitative estimate of drug-likeness (QED) is 0.788. The van der Waals surface area contributed by atoms with Crippen LogP contribution in [-0.4, -0.2) is 47.4 Å². The Kier molecular flexibility index (Phi) is 4.84. The lowest BCUT2D eigenvalue weighted by Crippen LogP contribution is -2.24. The number of carbonyl (C=O) groups is 2. The molecule has 100 valence electrons. The van der Waals surface area contributed by atoms with Crippen LogP contribution in [0.25, 0.3) is 0 Å². The summed E-state index contributed by atoms with van der Waals surface area (Å²) < 4.78 is 0. The largest absolute Gasteiger partial charge is 0.481 e. The average molecular weight is 270 g/mol. The van der Waals surface area contributed by atoms with Crippen LogP contribution in [-0.2, 0) is 9.59 Å². The zero-order valence-electron chi connectivity index (χ0n) is 11.1. The molecular weight excluding hydrogens is 252 g/mol. The Morgan fingerprint density at radius 2 is 2.00 bits per heavy atom. The fourth-order valence-corrected chi connectivity index (χ4v) is 2.54. The second-order valence-electron chi connectivity index (χ2n) is 4.25. The molecule has 0 saturated heterocycles. The smallest absolute Gasteiger partial charge is 0.305 e. The number of amides is 1. The molecule has 1 amide bonds. The monoisotopic (exact) mass is 270 g/mol. The molecule has 1 heterocycles. The van der Waals surface area contributed by atoms with Gasteiger partial charge in [0, 0.05) is 37.3 Å². The van der Waals surface area contributed by atoms with Gasteiger partial charge in [-0.3, -0.25) is 9.59 Å². The maximum absolute atomic E-state index is 11.7. The summed E-state index contributed by atoms with van der Waals surface area (Å²) in [5.74, 6) is -0.934. The van der Waals surface area contributed by atoms with Gasteiger partial charge in [0.2, 0.25) is 5.91 Å². The first kappa shape index (κ1) is 14.6. The highest BCUT2D eigenvalue weighted by Gasteiger charge is 2.24. The summed E-state index contributed by atoms with van der Waals surface area (Å²) in [5, 5.41) is 9.53. The lowest BCUT2D eigenvalue weighted by atomic mass is 10.3. The molecule has 0 fully saturated rings. The van der Waals surface area contributed by atoms with E-state index in [9.17, 15) is 9.59 Å². The topological polar surface area (TPSA) is 60.9 Å². The number of aliphatic carboxylic acids is 1. The van der Waals surface area contributed by atoms with Crippen molar-refractivity contribution in [2.75, 3.05) is 20.6 Å². The summed E-state index contributed by atoms with van der Waals surface area (Å²) in [6, 6.07) is 0. The highest BCUT2D eigenvalue weighted by Crippen LogP contribution is 2.40. The lowest BCUT2D eigenvalue weighted by Gasteiger charge is -2.20. The molecule has 0 aliphatic carbocycles. The van der Waals surface area contributed by atoms with Crippen LogP contribution in [0.2, 0.25) is 0 Å². The second-order valence-corrected chi connectivity index (χ2v) is 5.49. The molecule has 0 aromatic rings. The van der Waals surface area contributed by atoms with Crippen LogP contribution in [0.3, 0.4) is 0 Å². The Hall–Kier alpha value is -1.43. The van der Waals surface area contributed by atoms with E-state index in [-0.39, 0.29) is 12.3 Å². The van der Waals surface area contributed by atoms with E-state index in [1.54, 1.807) is 20.2 Å². The van der Waals surface area contributed by atoms with Gasteiger partial charge in [0.1, 0.15) is 0 Å². The number of carboxylic acid groups (broad SMARTS) is 1. The van der Waals surface area contributed by atoms with Gasteiger partial charge in [0.05, 0.1) is 11.4 Å². The third-order valence-electron chi connectivity index (χ3n) is 2.68. The predicted octanol–water partition coefficient (Wildman–Crippen LogP) is 1.69. The molecule has 0 aromatic heterocycles. The highest BCUT2D eigenvalue weighted by molar-refractivity contribution is 8.06. The fourth-order valence-electron chi connectivity index (χ4n) is 1.47. The van der Waals surface area contributed by atoms with Crippen LogP contribution >= 0.6 is 11.8 Å². The molecule has 0 unspecified atom stereocenters. The molecule has 0 saturated carbocycles. The maximum atomic E-state index is 11.7. The molecule has 0 aromatic carbocycles. The van der Waals surface area contributed by atoms with E-state index in [0.29, 0.717) is 6.54 Å². The second kappa shape index (κ2) is 5.95. The number of hydrogen-bond donors (Lipinski definition) is 1. The summed E-state index contributed by atoms with van der Waals surface area (Å²) in [5.41, 5.74) is 1.01. The van der Waals surface area contributed by atoms with Crippen molar-refractivity contribution < 1.29 is 14.7 Å². The van der Waals surface area contributed by atoms with Gasteiger partial charge in [-0.2, -0.15) is 0 Å². The summed E-state index contributed by atoms with van der Waals surface area (Å²) in [7, 11) is 3.38. The third-order valence-corrected chi connectivity index (χ3v) is 3.82. The average Bonchev–Trinajstić information content (AvgIpc) is 2.52. The van der Waals surface area contributed by atoms with Gasteiger partial charge in [0.15, 0.2) is 0 Å². The molecule has 6 heteroatoms. The minimum atomic E-state index is -0.837. The Morgan fingerprint density at radius 1 is 1.39 bits per heavy atom. The number of likely N-dealkylation sites (N-methyl/N-ethyl adjacent to an activating group) is 1. The Morgan fingerprint density at radius 3 is 2.50 bits per heavy atom. The van der Waals surface area contributed by atoms with Gasteiger partial charge in [0.25, 0.3) is 0 Å². The molecule has 1 aliphatic rings. The number of carboxylic acids is 1. The van der Waals surface area contributed by atoms with E-state index < -0.39 is 5.97 Å². The van der Waals surface area contributed by atoms with Gasteiger partial charge in [-0.05, 0) is 13.8 Å². The first-order valence-corrected chi connectivity index (χ1v) is 6.42. The van der Waals surface area contributed by atoms with Crippen LogP contribution < -0.4 is 0 Å². The summed E-state index contributed by atoms with van der Waals surface area (Å²) in [4.78, 5) is 26.8. The molecule has 0 spiro atoms. The van der Waals surface area contributed by atoms with E-state index in [1.165, 1.54) is 16.7 Å². The van der Waals surface area contributed by atoms with Gasteiger partial charge in [-0.25, -0.2) is 0 Å². The highest BCUT2D eigenvalue weighted by atomic mass is 32.2. The van der Waals surface area contributed by atoms with Crippen molar-refractivity contribution in [2.24, 2.45) is 0 Å². The van der Waals surface area contributed by atoms with E-state index in [1.807, 2.05) is 18.7 Å². The number of nitrogens with zero attached hydrogens (tertiary/aromatic N) is 2. The van der Waals surface area contributed by atoms with Gasteiger partial charge in [-0.15, -0.1) is 0 Å². The van der Waals surface area contributed by atoms with Gasteiger partial charge >= 0.3 is 5.97 Å². The molecule has 1 N–H and O–H groups in total. The Labute approximate surface area is 111 Å². The van der Waals surface area contributed by atoms with Crippen molar-refractivity contribution in [3.05, 3.63) is 21.7 Å².